The van der Waals surface area contributed by atoms with Gasteiger partial charge >= 0.3 is 0 Å². The summed E-state index contributed by atoms with van der Waals surface area (Å²) in [5.74, 6) is -0.0738. The molecule has 1 saturated carbocycles. The second-order valence-electron chi connectivity index (χ2n) is 4.81. The number of aliphatic hydroxyl groups excluding tert-OH is 1. The average molecular weight is 222 g/mol. The van der Waals surface area contributed by atoms with Crippen LogP contribution in [0.3, 0.4) is 0 Å². The van der Waals surface area contributed by atoms with Crippen molar-refractivity contribution in [2.24, 2.45) is 0 Å². The molecule has 0 heterocycles. The standard InChI is InChI=1S/C14H19FO/c1-10-7-8-11(15)9-13(10)12-5-3-2-4-6-14(12)16/h7-9,12,14,16H,2-6H2,1H3. The largest absolute Gasteiger partial charge is 0.392 e. The first-order valence-corrected chi connectivity index (χ1v) is 6.12. The molecule has 1 N–H and O–H groups in total. The molecule has 16 heavy (non-hydrogen) atoms. The average Bonchev–Trinajstić information content (AvgIpc) is 2.47. The van der Waals surface area contributed by atoms with E-state index in [-0.39, 0.29) is 17.8 Å². The molecule has 2 atom stereocenters. The molecule has 2 heteroatoms. The highest BCUT2D eigenvalue weighted by molar-refractivity contribution is 5.31. The maximum Gasteiger partial charge on any atom is 0.123 e. The van der Waals surface area contributed by atoms with Gasteiger partial charge in [0.25, 0.3) is 0 Å². The van der Waals surface area contributed by atoms with E-state index in [4.69, 9.17) is 0 Å². The van der Waals surface area contributed by atoms with Gasteiger partial charge in [0.1, 0.15) is 5.82 Å². The van der Waals surface area contributed by atoms with Crippen molar-refractivity contribution in [2.75, 3.05) is 0 Å². The third-order valence-electron chi connectivity index (χ3n) is 3.62. The Hall–Kier alpha value is -0.890. The molecular formula is C14H19FO. The van der Waals surface area contributed by atoms with Crippen LogP contribution in [0, 0.1) is 12.7 Å². The van der Waals surface area contributed by atoms with Gasteiger partial charge in [-0.3, -0.25) is 0 Å². The molecule has 0 bridgehead atoms. The van der Waals surface area contributed by atoms with E-state index in [0.717, 1.165) is 36.8 Å². The Kier molecular flexibility index (Phi) is 3.59. The van der Waals surface area contributed by atoms with E-state index in [1.165, 1.54) is 12.5 Å². The third kappa shape index (κ3) is 2.43. The lowest BCUT2D eigenvalue weighted by Gasteiger charge is -2.22. The lowest BCUT2D eigenvalue weighted by Crippen LogP contribution is -2.18. The number of rotatable bonds is 1. The normalized spacial score (nSPS) is 26.4. The molecular weight excluding hydrogens is 203 g/mol. The van der Waals surface area contributed by atoms with Crippen LogP contribution in [0.2, 0.25) is 0 Å². The van der Waals surface area contributed by atoms with Gasteiger partial charge in [0.05, 0.1) is 6.10 Å². The van der Waals surface area contributed by atoms with Crippen LogP contribution >= 0.6 is 0 Å². The summed E-state index contributed by atoms with van der Waals surface area (Å²) >= 11 is 0. The predicted molar refractivity (Wildman–Crippen MR) is 63.0 cm³/mol. The van der Waals surface area contributed by atoms with Crippen LogP contribution in [-0.4, -0.2) is 11.2 Å². The molecule has 0 aliphatic heterocycles. The summed E-state index contributed by atoms with van der Waals surface area (Å²) in [6.07, 6.45) is 4.93. The van der Waals surface area contributed by atoms with Gasteiger partial charge in [-0.2, -0.15) is 0 Å². The molecule has 0 saturated heterocycles. The fourth-order valence-electron chi connectivity index (χ4n) is 2.66. The van der Waals surface area contributed by atoms with Gasteiger partial charge in [-0.1, -0.05) is 25.3 Å². The van der Waals surface area contributed by atoms with Crippen LogP contribution in [0.25, 0.3) is 0 Å². The lowest BCUT2D eigenvalue weighted by atomic mass is 9.87. The van der Waals surface area contributed by atoms with Crippen molar-refractivity contribution in [2.45, 2.75) is 51.0 Å². The van der Waals surface area contributed by atoms with Crippen molar-refractivity contribution < 1.29 is 9.50 Å². The Balaban J connectivity index is 2.29. The summed E-state index contributed by atoms with van der Waals surface area (Å²) in [5, 5.41) is 10.1. The van der Waals surface area contributed by atoms with Crippen molar-refractivity contribution in [1.29, 1.82) is 0 Å². The van der Waals surface area contributed by atoms with Gasteiger partial charge in [-0.05, 0) is 43.0 Å². The van der Waals surface area contributed by atoms with Crippen LogP contribution in [-0.2, 0) is 0 Å². The van der Waals surface area contributed by atoms with E-state index in [1.54, 1.807) is 6.07 Å². The van der Waals surface area contributed by atoms with Crippen LogP contribution in [0.5, 0.6) is 0 Å². The minimum absolute atomic E-state index is 0.123. The molecule has 88 valence electrons. The first-order valence-electron chi connectivity index (χ1n) is 6.12. The van der Waals surface area contributed by atoms with E-state index in [9.17, 15) is 9.50 Å². The topological polar surface area (TPSA) is 20.2 Å². The second kappa shape index (κ2) is 4.96. The van der Waals surface area contributed by atoms with Crippen molar-refractivity contribution >= 4 is 0 Å². The molecule has 1 fully saturated rings. The Labute approximate surface area is 96.3 Å². The first kappa shape index (κ1) is 11.6. The maximum absolute atomic E-state index is 13.2. The quantitative estimate of drug-likeness (QED) is 0.720. The van der Waals surface area contributed by atoms with Crippen molar-refractivity contribution in [3.63, 3.8) is 0 Å². The van der Waals surface area contributed by atoms with Crippen LogP contribution in [0.15, 0.2) is 18.2 Å². The monoisotopic (exact) mass is 222 g/mol. The molecule has 2 unspecified atom stereocenters. The molecule has 0 aromatic heterocycles. The minimum atomic E-state index is -0.303. The summed E-state index contributed by atoms with van der Waals surface area (Å²) in [6.45, 7) is 1.99. The molecule has 1 aliphatic carbocycles. The van der Waals surface area contributed by atoms with E-state index >= 15 is 0 Å². The van der Waals surface area contributed by atoms with Crippen LogP contribution in [0.4, 0.5) is 4.39 Å². The summed E-state index contributed by atoms with van der Waals surface area (Å²) in [4.78, 5) is 0. The van der Waals surface area contributed by atoms with Gasteiger partial charge in [0.15, 0.2) is 0 Å². The Morgan fingerprint density at radius 3 is 2.75 bits per heavy atom. The Morgan fingerprint density at radius 1 is 1.19 bits per heavy atom. The smallest absolute Gasteiger partial charge is 0.123 e. The maximum atomic E-state index is 13.2. The zero-order valence-electron chi connectivity index (χ0n) is 9.75. The summed E-state index contributed by atoms with van der Waals surface area (Å²) in [6, 6.07) is 4.89. The van der Waals surface area contributed by atoms with E-state index in [0.29, 0.717) is 0 Å². The second-order valence-corrected chi connectivity index (χ2v) is 4.81. The number of hydrogen-bond donors (Lipinski definition) is 1. The van der Waals surface area contributed by atoms with Gasteiger partial charge in [-0.25, -0.2) is 4.39 Å². The molecule has 1 nitrogen and oxygen atoms in total. The minimum Gasteiger partial charge on any atom is -0.392 e. The third-order valence-corrected chi connectivity index (χ3v) is 3.62. The van der Waals surface area contributed by atoms with Crippen LogP contribution in [0.1, 0.15) is 49.1 Å². The fraction of sp³-hybridized carbons (Fsp3) is 0.571. The molecule has 2 rings (SSSR count). The van der Waals surface area contributed by atoms with Crippen molar-refractivity contribution in [3.05, 3.63) is 35.1 Å². The van der Waals surface area contributed by atoms with E-state index < -0.39 is 0 Å². The molecule has 1 aromatic carbocycles. The summed E-state index contributed by atoms with van der Waals surface area (Å²) in [5.41, 5.74) is 2.08. The number of halogens is 1. The zero-order chi connectivity index (χ0) is 11.5. The highest BCUT2D eigenvalue weighted by atomic mass is 19.1. The summed E-state index contributed by atoms with van der Waals surface area (Å²) in [7, 11) is 0. The van der Waals surface area contributed by atoms with Gasteiger partial charge in [0, 0.05) is 5.92 Å². The fourth-order valence-corrected chi connectivity index (χ4v) is 2.66. The predicted octanol–water partition coefficient (Wildman–Crippen LogP) is 3.54. The molecule has 1 aromatic rings. The van der Waals surface area contributed by atoms with Gasteiger partial charge in [0.2, 0.25) is 0 Å². The van der Waals surface area contributed by atoms with Gasteiger partial charge in [-0.15, -0.1) is 0 Å². The van der Waals surface area contributed by atoms with E-state index in [1.807, 2.05) is 13.0 Å². The Bertz CT molecular complexity index is 362. The van der Waals surface area contributed by atoms with Gasteiger partial charge < -0.3 is 5.11 Å². The van der Waals surface area contributed by atoms with Crippen molar-refractivity contribution in [3.8, 4) is 0 Å². The highest BCUT2D eigenvalue weighted by Crippen LogP contribution is 2.33. The molecule has 0 radical (unpaired) electrons. The molecule has 0 amide bonds. The van der Waals surface area contributed by atoms with Crippen molar-refractivity contribution in [1.82, 2.24) is 0 Å². The number of hydrogen-bond acceptors (Lipinski definition) is 1. The SMILES string of the molecule is Cc1ccc(F)cc1C1CCCCCC1O. The highest BCUT2D eigenvalue weighted by Gasteiger charge is 2.24. The Morgan fingerprint density at radius 2 is 1.94 bits per heavy atom. The van der Waals surface area contributed by atoms with Crippen LogP contribution < -0.4 is 0 Å². The molecule has 0 spiro atoms. The summed E-state index contributed by atoms with van der Waals surface area (Å²) < 4.78 is 13.2. The number of aliphatic hydroxyl groups is 1. The lowest BCUT2D eigenvalue weighted by molar-refractivity contribution is 0.135. The first-order chi connectivity index (χ1) is 7.68. The number of benzene rings is 1. The van der Waals surface area contributed by atoms with E-state index in [2.05, 4.69) is 0 Å². The zero-order valence-corrected chi connectivity index (χ0v) is 9.75. The molecule has 1 aliphatic rings. The number of aryl methyl sites for hydroxylation is 1.